The molecule has 33 heavy (non-hydrogen) atoms. The Morgan fingerprint density at radius 1 is 0.697 bits per heavy atom. The molecule has 2 aromatic heterocycles. The van der Waals surface area contributed by atoms with Crippen molar-refractivity contribution in [3.8, 4) is 11.1 Å². The Morgan fingerprint density at radius 2 is 1.24 bits per heavy atom. The van der Waals surface area contributed by atoms with Gasteiger partial charge in [0.2, 0.25) is 0 Å². The average Bonchev–Trinajstić information content (AvgIpc) is 3.39. The van der Waals surface area contributed by atoms with Gasteiger partial charge in [0.1, 0.15) is 8.42 Å². The summed E-state index contributed by atoms with van der Waals surface area (Å²) in [4.78, 5) is 0. The quantitative estimate of drug-likeness (QED) is 0.264. The number of benzene rings is 2. The smallest absolute Gasteiger partial charge is 0.271 e. The van der Waals surface area contributed by atoms with E-state index in [0.717, 1.165) is 39.4 Å². The van der Waals surface area contributed by atoms with Gasteiger partial charge >= 0.3 is 0 Å². The van der Waals surface area contributed by atoms with E-state index in [-0.39, 0.29) is 19.8 Å². The number of thiophene rings is 2. The van der Waals surface area contributed by atoms with Gasteiger partial charge in [-0.3, -0.25) is 9.44 Å². The first-order chi connectivity index (χ1) is 15.5. The van der Waals surface area contributed by atoms with Crippen molar-refractivity contribution < 1.29 is 16.8 Å². The van der Waals surface area contributed by atoms with Gasteiger partial charge in [-0.05, 0) is 60.0 Å². The van der Waals surface area contributed by atoms with Crippen LogP contribution in [0.2, 0.25) is 8.67 Å². The number of hydrogen-bond acceptors (Lipinski definition) is 6. The molecule has 0 bridgehead atoms. The maximum atomic E-state index is 13.0. The zero-order valence-corrected chi connectivity index (χ0v) is 21.7. The van der Waals surface area contributed by atoms with Crippen LogP contribution in [0.5, 0.6) is 0 Å². The highest BCUT2D eigenvalue weighted by molar-refractivity contribution is 7.95. The summed E-state index contributed by atoms with van der Waals surface area (Å²) in [6, 6.07) is 18.2. The van der Waals surface area contributed by atoms with E-state index < -0.39 is 20.0 Å². The van der Waals surface area contributed by atoms with E-state index in [9.17, 15) is 16.8 Å². The van der Waals surface area contributed by atoms with E-state index in [4.69, 9.17) is 23.2 Å². The van der Waals surface area contributed by atoms with Crippen LogP contribution in [0, 0.1) is 6.92 Å². The molecule has 6 nitrogen and oxygen atoms in total. The van der Waals surface area contributed by atoms with Crippen LogP contribution in [-0.4, -0.2) is 16.8 Å². The van der Waals surface area contributed by atoms with Crippen LogP contribution in [0.15, 0.2) is 75.1 Å². The second-order valence-electron chi connectivity index (χ2n) is 6.90. The Kier molecular flexibility index (Phi) is 6.77. The highest BCUT2D eigenvalue weighted by Crippen LogP contribution is 2.36. The first kappa shape index (κ1) is 24.1. The van der Waals surface area contributed by atoms with E-state index in [2.05, 4.69) is 9.44 Å². The first-order valence-corrected chi connectivity index (χ1v) is 14.7. The second-order valence-corrected chi connectivity index (χ2v) is 14.2. The zero-order valence-electron chi connectivity index (χ0n) is 16.9. The monoisotopic (exact) mass is 558 g/mol. The lowest BCUT2D eigenvalue weighted by atomic mass is 10.00. The molecule has 0 fully saturated rings. The molecule has 4 aromatic rings. The summed E-state index contributed by atoms with van der Waals surface area (Å²) < 4.78 is 57.3. The standard InChI is InChI=1S/C21H16Cl2N2O4S4/c1-13-4-2-3-5-15(13)14-6-7-16(24-32(26,27)20-10-8-18(22)30-20)17(12-14)25-33(28,29)21-11-9-19(23)31-21/h2-12,24-25H,1H3. The molecule has 12 heteroatoms. The number of sulfonamides is 2. The van der Waals surface area contributed by atoms with Gasteiger partial charge in [-0.2, -0.15) is 0 Å². The van der Waals surface area contributed by atoms with Gasteiger partial charge in [0, 0.05) is 0 Å². The molecule has 172 valence electrons. The highest BCUT2D eigenvalue weighted by Gasteiger charge is 2.23. The third-order valence-electron chi connectivity index (χ3n) is 4.59. The Labute approximate surface area is 209 Å². The van der Waals surface area contributed by atoms with Crippen LogP contribution in [0.3, 0.4) is 0 Å². The molecule has 0 radical (unpaired) electrons. The van der Waals surface area contributed by atoms with E-state index in [1.165, 1.54) is 30.3 Å². The number of hydrogen-bond donors (Lipinski definition) is 2. The molecular weight excluding hydrogens is 543 g/mol. The summed E-state index contributed by atoms with van der Waals surface area (Å²) in [6.45, 7) is 1.93. The molecule has 4 rings (SSSR count). The Bertz CT molecular complexity index is 1540. The van der Waals surface area contributed by atoms with E-state index >= 15 is 0 Å². The lowest BCUT2D eigenvalue weighted by Gasteiger charge is -2.16. The molecular formula is C21H16Cl2N2O4S4. The number of halogens is 2. The summed E-state index contributed by atoms with van der Waals surface area (Å²) in [5.74, 6) is 0. The topological polar surface area (TPSA) is 92.3 Å². The van der Waals surface area contributed by atoms with Crippen LogP contribution in [0.4, 0.5) is 11.4 Å². The molecule has 2 N–H and O–H groups in total. The first-order valence-electron chi connectivity index (χ1n) is 9.31. The van der Waals surface area contributed by atoms with Crippen LogP contribution < -0.4 is 9.44 Å². The summed E-state index contributed by atoms with van der Waals surface area (Å²) >= 11 is 13.6. The molecule has 2 heterocycles. The fraction of sp³-hybridized carbons (Fsp3) is 0.0476. The maximum Gasteiger partial charge on any atom is 0.271 e. The molecule has 0 aliphatic carbocycles. The molecule has 0 aliphatic rings. The van der Waals surface area contributed by atoms with E-state index in [1.54, 1.807) is 12.1 Å². The predicted octanol–water partition coefficient (Wildman–Crippen LogP) is 6.69. The van der Waals surface area contributed by atoms with Crippen molar-refractivity contribution >= 4 is 77.3 Å². The van der Waals surface area contributed by atoms with Gasteiger partial charge in [0.25, 0.3) is 20.0 Å². The molecule has 0 saturated carbocycles. The minimum absolute atomic E-state index is 0.00707. The molecule has 0 spiro atoms. The number of rotatable bonds is 7. The van der Waals surface area contributed by atoms with Crippen molar-refractivity contribution in [3.05, 3.63) is 81.0 Å². The van der Waals surface area contributed by atoms with Gasteiger partial charge in [-0.25, -0.2) is 16.8 Å². The Balaban J connectivity index is 1.79. The summed E-state index contributed by atoms with van der Waals surface area (Å²) in [5.41, 5.74) is 2.74. The summed E-state index contributed by atoms with van der Waals surface area (Å²) in [5, 5.41) is 0. The van der Waals surface area contributed by atoms with Gasteiger partial charge in [-0.1, -0.05) is 53.5 Å². The number of nitrogens with one attached hydrogen (secondary N) is 2. The third kappa shape index (κ3) is 5.37. The minimum Gasteiger partial charge on any atom is -0.277 e. The molecule has 0 aliphatic heterocycles. The SMILES string of the molecule is Cc1ccccc1-c1ccc(NS(=O)(=O)c2ccc(Cl)s2)c(NS(=O)(=O)c2ccc(Cl)s2)c1. The van der Waals surface area contributed by atoms with Crippen molar-refractivity contribution in [2.75, 3.05) is 9.44 Å². The van der Waals surface area contributed by atoms with Crippen LogP contribution >= 0.6 is 45.9 Å². The Morgan fingerprint density at radius 3 is 1.76 bits per heavy atom. The van der Waals surface area contributed by atoms with Crippen molar-refractivity contribution in [2.45, 2.75) is 15.3 Å². The average molecular weight is 560 g/mol. The third-order valence-corrected chi connectivity index (χ3v) is 10.8. The molecule has 2 aromatic carbocycles. The normalized spacial score (nSPS) is 12.0. The van der Waals surface area contributed by atoms with Gasteiger partial charge in [0.15, 0.2) is 0 Å². The molecule has 0 amide bonds. The molecule has 0 unspecified atom stereocenters. The predicted molar refractivity (Wildman–Crippen MR) is 137 cm³/mol. The van der Waals surface area contributed by atoms with Gasteiger partial charge < -0.3 is 0 Å². The minimum atomic E-state index is -4.01. The van der Waals surface area contributed by atoms with Crippen molar-refractivity contribution in [1.82, 2.24) is 0 Å². The van der Waals surface area contributed by atoms with Gasteiger partial charge in [-0.15, -0.1) is 22.7 Å². The van der Waals surface area contributed by atoms with E-state index in [0.29, 0.717) is 8.67 Å². The lowest BCUT2D eigenvalue weighted by Crippen LogP contribution is -2.16. The largest absolute Gasteiger partial charge is 0.277 e. The second kappa shape index (κ2) is 9.28. The zero-order chi connectivity index (χ0) is 23.8. The summed E-state index contributed by atoms with van der Waals surface area (Å²) in [7, 11) is -8.00. The van der Waals surface area contributed by atoms with Crippen molar-refractivity contribution in [3.63, 3.8) is 0 Å². The highest BCUT2D eigenvalue weighted by atomic mass is 35.5. The van der Waals surface area contributed by atoms with E-state index in [1.807, 2.05) is 31.2 Å². The van der Waals surface area contributed by atoms with Crippen LogP contribution in [0.25, 0.3) is 11.1 Å². The van der Waals surface area contributed by atoms with Crippen molar-refractivity contribution in [2.24, 2.45) is 0 Å². The molecule has 0 atom stereocenters. The fourth-order valence-corrected chi connectivity index (χ4v) is 8.17. The molecule has 0 saturated heterocycles. The summed E-state index contributed by atoms with van der Waals surface area (Å²) in [6.07, 6.45) is 0. The van der Waals surface area contributed by atoms with Crippen molar-refractivity contribution in [1.29, 1.82) is 0 Å². The van der Waals surface area contributed by atoms with Crippen LogP contribution in [0.1, 0.15) is 5.56 Å². The van der Waals surface area contributed by atoms with Gasteiger partial charge in [0.05, 0.1) is 20.0 Å². The number of aryl methyl sites for hydroxylation is 1. The Hall–Kier alpha value is -2.08. The number of anilines is 2. The van der Waals surface area contributed by atoms with Crippen LogP contribution in [-0.2, 0) is 20.0 Å². The maximum absolute atomic E-state index is 13.0. The fourth-order valence-electron chi connectivity index (χ4n) is 3.06. The lowest BCUT2D eigenvalue weighted by molar-refractivity contribution is 0.601.